The molecular weight excluding hydrogens is 148 g/mol. The lowest BCUT2D eigenvalue weighted by atomic mass is 10.0. The molecule has 0 bridgehead atoms. The first-order valence-corrected chi connectivity index (χ1v) is 4.67. The molecule has 0 amide bonds. The number of hydrogen-bond donors (Lipinski definition) is 0. The number of rotatable bonds is 4. The summed E-state index contributed by atoms with van der Waals surface area (Å²) in [5.74, 6) is 0.896. The molecule has 1 heteroatoms. The molecule has 68 valence electrons. The van der Waals surface area contributed by atoms with Crippen molar-refractivity contribution in [3.8, 4) is 0 Å². The molecule has 0 aliphatic heterocycles. The van der Waals surface area contributed by atoms with E-state index in [1.54, 1.807) is 6.08 Å². The van der Waals surface area contributed by atoms with Crippen molar-refractivity contribution < 1.29 is 4.79 Å². The number of carbonyl (C=O) groups is 1. The number of carbonyl (C=O) groups excluding carboxylic acids is 1. The average Bonchev–Trinajstić information content (AvgIpc) is 2.56. The number of hydrogen-bond acceptors (Lipinski definition) is 1. The van der Waals surface area contributed by atoms with Crippen molar-refractivity contribution in [2.75, 3.05) is 0 Å². The Morgan fingerprint density at radius 2 is 2.17 bits per heavy atom. The first kappa shape index (κ1) is 9.50. The van der Waals surface area contributed by atoms with Gasteiger partial charge in [-0.25, -0.2) is 0 Å². The summed E-state index contributed by atoms with van der Waals surface area (Å²) in [6, 6.07) is 0. The average molecular weight is 166 g/mol. The molecule has 12 heavy (non-hydrogen) atoms. The van der Waals surface area contributed by atoms with Gasteiger partial charge < -0.3 is 0 Å². The SMILES string of the molecule is C/C(=C\C=O)CC[C@@H]1CC1(C)C. The third-order valence-electron chi connectivity index (χ3n) is 2.96. The molecule has 1 saturated carbocycles. The molecule has 0 heterocycles. The van der Waals surface area contributed by atoms with Crippen LogP contribution in [0, 0.1) is 11.3 Å². The summed E-state index contributed by atoms with van der Waals surface area (Å²) in [4.78, 5) is 10.1. The fourth-order valence-electron chi connectivity index (χ4n) is 1.67. The second kappa shape index (κ2) is 3.42. The van der Waals surface area contributed by atoms with Crippen molar-refractivity contribution in [3.63, 3.8) is 0 Å². The Balaban J connectivity index is 2.19. The summed E-state index contributed by atoms with van der Waals surface area (Å²) in [5.41, 5.74) is 1.80. The van der Waals surface area contributed by atoms with Crippen LogP contribution in [-0.4, -0.2) is 6.29 Å². The molecule has 0 radical (unpaired) electrons. The van der Waals surface area contributed by atoms with Crippen molar-refractivity contribution in [3.05, 3.63) is 11.6 Å². The van der Waals surface area contributed by atoms with E-state index in [-0.39, 0.29) is 0 Å². The third kappa shape index (κ3) is 2.47. The zero-order valence-corrected chi connectivity index (χ0v) is 8.26. The molecular formula is C11H18O. The summed E-state index contributed by atoms with van der Waals surface area (Å²) in [6.07, 6.45) is 6.26. The van der Waals surface area contributed by atoms with Crippen molar-refractivity contribution in [1.29, 1.82) is 0 Å². The van der Waals surface area contributed by atoms with Crippen LogP contribution >= 0.6 is 0 Å². The van der Waals surface area contributed by atoms with Crippen LogP contribution in [0.25, 0.3) is 0 Å². The van der Waals surface area contributed by atoms with Gasteiger partial charge in [-0.2, -0.15) is 0 Å². The Morgan fingerprint density at radius 1 is 1.58 bits per heavy atom. The van der Waals surface area contributed by atoms with Gasteiger partial charge in [0.1, 0.15) is 6.29 Å². The third-order valence-corrected chi connectivity index (χ3v) is 2.96. The maximum absolute atomic E-state index is 10.1. The van der Waals surface area contributed by atoms with Crippen molar-refractivity contribution in [2.24, 2.45) is 11.3 Å². The lowest BCUT2D eigenvalue weighted by Crippen LogP contribution is -1.90. The van der Waals surface area contributed by atoms with Crippen LogP contribution in [-0.2, 0) is 4.79 Å². The van der Waals surface area contributed by atoms with Crippen LogP contribution in [0.1, 0.15) is 40.0 Å². The highest BCUT2D eigenvalue weighted by molar-refractivity contribution is 5.65. The minimum Gasteiger partial charge on any atom is -0.299 e. The predicted octanol–water partition coefficient (Wildman–Crippen LogP) is 2.96. The lowest BCUT2D eigenvalue weighted by molar-refractivity contribution is -0.104. The second-order valence-corrected chi connectivity index (χ2v) is 4.58. The Hall–Kier alpha value is -0.590. The molecule has 0 aromatic carbocycles. The summed E-state index contributed by atoms with van der Waals surface area (Å²) in [5, 5.41) is 0. The van der Waals surface area contributed by atoms with E-state index in [0.29, 0.717) is 5.41 Å². The van der Waals surface area contributed by atoms with E-state index in [4.69, 9.17) is 0 Å². The van der Waals surface area contributed by atoms with Gasteiger partial charge in [-0.15, -0.1) is 0 Å². The molecule has 1 aliphatic carbocycles. The zero-order valence-electron chi connectivity index (χ0n) is 8.26. The molecule has 0 N–H and O–H groups in total. The van der Waals surface area contributed by atoms with Gasteiger partial charge in [-0.3, -0.25) is 4.79 Å². The highest BCUT2D eigenvalue weighted by Gasteiger charge is 2.44. The van der Waals surface area contributed by atoms with Gasteiger partial charge in [0.2, 0.25) is 0 Å². The standard InChI is InChI=1S/C11H18O/c1-9(6-7-12)4-5-10-8-11(10,2)3/h6-7,10H,4-5,8H2,1-3H3/b9-6+/t10-/m1/s1. The largest absolute Gasteiger partial charge is 0.299 e. The monoisotopic (exact) mass is 166 g/mol. The Morgan fingerprint density at radius 3 is 2.58 bits per heavy atom. The van der Waals surface area contributed by atoms with Crippen LogP contribution in [0.5, 0.6) is 0 Å². The molecule has 1 rings (SSSR count). The van der Waals surface area contributed by atoms with Gasteiger partial charge in [0, 0.05) is 0 Å². The van der Waals surface area contributed by atoms with E-state index < -0.39 is 0 Å². The van der Waals surface area contributed by atoms with Crippen LogP contribution in [0.3, 0.4) is 0 Å². The Kier molecular flexibility index (Phi) is 2.71. The summed E-state index contributed by atoms with van der Waals surface area (Å²) < 4.78 is 0. The minimum atomic E-state index is 0.585. The van der Waals surface area contributed by atoms with Gasteiger partial charge >= 0.3 is 0 Å². The summed E-state index contributed by atoms with van der Waals surface area (Å²) >= 11 is 0. The van der Waals surface area contributed by atoms with Gasteiger partial charge in [0.25, 0.3) is 0 Å². The summed E-state index contributed by atoms with van der Waals surface area (Å²) in [7, 11) is 0. The lowest BCUT2D eigenvalue weighted by Gasteiger charge is -2.02. The molecule has 1 aliphatic rings. The van der Waals surface area contributed by atoms with E-state index in [1.807, 2.05) is 6.92 Å². The first-order chi connectivity index (χ1) is 5.56. The molecule has 0 spiro atoms. The van der Waals surface area contributed by atoms with Crippen LogP contribution in [0.15, 0.2) is 11.6 Å². The van der Waals surface area contributed by atoms with E-state index >= 15 is 0 Å². The number of aldehydes is 1. The van der Waals surface area contributed by atoms with Gasteiger partial charge in [0.15, 0.2) is 0 Å². The van der Waals surface area contributed by atoms with Crippen molar-refractivity contribution in [2.45, 2.75) is 40.0 Å². The molecule has 1 atom stereocenters. The Bertz CT molecular complexity index is 201. The zero-order chi connectivity index (χ0) is 9.19. The number of allylic oxidation sites excluding steroid dienone is 2. The van der Waals surface area contributed by atoms with E-state index in [1.165, 1.54) is 18.4 Å². The Labute approximate surface area is 74.9 Å². The first-order valence-electron chi connectivity index (χ1n) is 4.67. The molecule has 0 unspecified atom stereocenters. The second-order valence-electron chi connectivity index (χ2n) is 4.58. The highest BCUT2D eigenvalue weighted by Crippen LogP contribution is 2.54. The topological polar surface area (TPSA) is 17.1 Å². The summed E-state index contributed by atoms with van der Waals surface area (Å²) in [6.45, 7) is 6.66. The molecule has 1 nitrogen and oxygen atoms in total. The van der Waals surface area contributed by atoms with Gasteiger partial charge in [0.05, 0.1) is 0 Å². The van der Waals surface area contributed by atoms with Crippen LogP contribution in [0.4, 0.5) is 0 Å². The van der Waals surface area contributed by atoms with E-state index in [9.17, 15) is 4.79 Å². The normalized spacial score (nSPS) is 26.9. The molecule has 0 aromatic rings. The fraction of sp³-hybridized carbons (Fsp3) is 0.727. The van der Waals surface area contributed by atoms with Crippen LogP contribution < -0.4 is 0 Å². The maximum Gasteiger partial charge on any atom is 0.142 e. The maximum atomic E-state index is 10.1. The highest BCUT2D eigenvalue weighted by atomic mass is 16.1. The predicted molar refractivity (Wildman–Crippen MR) is 50.9 cm³/mol. The quantitative estimate of drug-likeness (QED) is 0.463. The molecule has 0 saturated heterocycles. The van der Waals surface area contributed by atoms with Gasteiger partial charge in [-0.05, 0) is 43.6 Å². The molecule has 1 fully saturated rings. The van der Waals surface area contributed by atoms with Crippen molar-refractivity contribution in [1.82, 2.24) is 0 Å². The minimum absolute atomic E-state index is 0.585. The fourth-order valence-corrected chi connectivity index (χ4v) is 1.67. The van der Waals surface area contributed by atoms with E-state index in [2.05, 4.69) is 13.8 Å². The van der Waals surface area contributed by atoms with Crippen molar-refractivity contribution >= 4 is 6.29 Å². The molecule has 0 aromatic heterocycles. The van der Waals surface area contributed by atoms with Gasteiger partial charge in [-0.1, -0.05) is 19.4 Å². The smallest absolute Gasteiger partial charge is 0.142 e. The van der Waals surface area contributed by atoms with E-state index in [0.717, 1.165) is 18.6 Å². The van der Waals surface area contributed by atoms with Crippen LogP contribution in [0.2, 0.25) is 0 Å².